The fraction of sp³-hybridized carbons (Fsp3) is 0.0400. The SMILES string of the molecule is O=POP(Cc1ccccc1)(c1ccccc1)(c1ccccc1)c1ccccc1. The number of hydrogen-bond donors (Lipinski definition) is 0. The Morgan fingerprint density at radius 3 is 1.24 bits per heavy atom. The first-order chi connectivity index (χ1) is 14.3. The van der Waals surface area contributed by atoms with Gasteiger partial charge in [-0.2, -0.15) is 0 Å². The monoisotopic (exact) mass is 416 g/mol. The Bertz CT molecular complexity index is 969. The summed E-state index contributed by atoms with van der Waals surface area (Å²) in [5.74, 6) is 0. The summed E-state index contributed by atoms with van der Waals surface area (Å²) in [5, 5.41) is 3.18. The standard InChI is InChI=1S/C25H22O2P2/c26-28-27-29(23-15-7-2-8-16-23,24-17-9-3-10-18-24,25-19-11-4-12-20-25)21-22-13-5-1-6-14-22/h1-20H,21H2. The van der Waals surface area contributed by atoms with E-state index in [1.165, 1.54) is 0 Å². The minimum atomic E-state index is -3.56. The maximum atomic E-state index is 12.2. The Hall–Kier alpha value is -2.63. The van der Waals surface area contributed by atoms with Crippen LogP contribution in [0.4, 0.5) is 0 Å². The molecule has 144 valence electrons. The Morgan fingerprint density at radius 2 is 0.897 bits per heavy atom. The van der Waals surface area contributed by atoms with Gasteiger partial charge in [-0.15, -0.1) is 0 Å². The first-order valence-electron chi connectivity index (χ1n) is 9.53. The molecule has 29 heavy (non-hydrogen) atoms. The predicted molar refractivity (Wildman–Crippen MR) is 124 cm³/mol. The molecule has 4 aromatic rings. The van der Waals surface area contributed by atoms with Crippen molar-refractivity contribution in [1.29, 1.82) is 0 Å². The van der Waals surface area contributed by atoms with Crippen molar-refractivity contribution in [3.8, 4) is 0 Å². The van der Waals surface area contributed by atoms with Crippen LogP contribution in [0.1, 0.15) is 5.56 Å². The molecule has 0 atom stereocenters. The van der Waals surface area contributed by atoms with Crippen LogP contribution in [-0.4, -0.2) is 0 Å². The molecule has 0 saturated heterocycles. The molecule has 4 heteroatoms. The summed E-state index contributed by atoms with van der Waals surface area (Å²) in [7, 11) is -0.332. The van der Waals surface area contributed by atoms with E-state index in [1.807, 2.05) is 72.8 Å². The number of hydrogen-bond acceptors (Lipinski definition) is 2. The molecule has 0 aliphatic heterocycles. The van der Waals surface area contributed by atoms with Crippen LogP contribution < -0.4 is 15.9 Å². The third kappa shape index (κ3) is 3.34. The summed E-state index contributed by atoms with van der Waals surface area (Å²) >= 11 is 0. The van der Waals surface area contributed by atoms with Gasteiger partial charge in [-0.1, -0.05) is 0 Å². The molecular weight excluding hydrogens is 394 g/mol. The first kappa shape index (κ1) is 19.7. The Morgan fingerprint density at radius 1 is 0.552 bits per heavy atom. The van der Waals surface area contributed by atoms with E-state index in [1.54, 1.807) is 0 Å². The molecule has 0 radical (unpaired) electrons. The predicted octanol–water partition coefficient (Wildman–Crippen LogP) is 5.85. The fourth-order valence-electron chi connectivity index (χ4n) is 4.13. The zero-order chi connectivity index (χ0) is 20.0. The van der Waals surface area contributed by atoms with Gasteiger partial charge in [-0.3, -0.25) is 0 Å². The van der Waals surface area contributed by atoms with Crippen LogP contribution in [0.25, 0.3) is 0 Å². The summed E-state index contributed by atoms with van der Waals surface area (Å²) < 4.78 is 18.8. The Balaban J connectivity index is 2.17. The van der Waals surface area contributed by atoms with Gasteiger partial charge in [0.2, 0.25) is 0 Å². The summed E-state index contributed by atoms with van der Waals surface area (Å²) in [5.41, 5.74) is 1.14. The molecule has 0 aliphatic rings. The second kappa shape index (κ2) is 8.39. The van der Waals surface area contributed by atoms with Crippen molar-refractivity contribution in [2.24, 2.45) is 0 Å². The average molecular weight is 416 g/mol. The number of benzene rings is 4. The van der Waals surface area contributed by atoms with Gasteiger partial charge >= 0.3 is 173 Å². The molecule has 0 amide bonds. The molecular formula is C25H22O2P2. The first-order valence-corrected chi connectivity index (χ1v) is 12.6. The number of rotatable bonds is 7. The van der Waals surface area contributed by atoms with Gasteiger partial charge in [-0.25, -0.2) is 0 Å². The summed E-state index contributed by atoms with van der Waals surface area (Å²) in [6.07, 6.45) is 0.625. The van der Waals surface area contributed by atoms with Gasteiger partial charge in [-0.05, 0) is 0 Å². The Labute approximate surface area is 173 Å². The zero-order valence-electron chi connectivity index (χ0n) is 16.0. The summed E-state index contributed by atoms with van der Waals surface area (Å²) in [6, 6.07) is 41.1. The van der Waals surface area contributed by atoms with Crippen LogP contribution >= 0.6 is 15.5 Å². The molecule has 4 aromatic carbocycles. The van der Waals surface area contributed by atoms with Gasteiger partial charge in [0.15, 0.2) is 0 Å². The maximum absolute atomic E-state index is 12.2. The van der Waals surface area contributed by atoms with E-state index >= 15 is 0 Å². The molecule has 0 bridgehead atoms. The van der Waals surface area contributed by atoms with Crippen molar-refractivity contribution in [1.82, 2.24) is 0 Å². The molecule has 0 heterocycles. The average Bonchev–Trinajstić information content (AvgIpc) is 2.81. The van der Waals surface area contributed by atoms with E-state index in [0.29, 0.717) is 6.16 Å². The van der Waals surface area contributed by atoms with E-state index in [-0.39, 0.29) is 8.69 Å². The van der Waals surface area contributed by atoms with Crippen molar-refractivity contribution >= 4 is 31.4 Å². The molecule has 0 unspecified atom stereocenters. The van der Waals surface area contributed by atoms with Crippen molar-refractivity contribution in [2.45, 2.75) is 6.16 Å². The van der Waals surface area contributed by atoms with Crippen molar-refractivity contribution < 1.29 is 8.88 Å². The third-order valence-electron chi connectivity index (χ3n) is 5.45. The molecule has 0 N–H and O–H groups in total. The van der Waals surface area contributed by atoms with Crippen molar-refractivity contribution in [3.05, 3.63) is 127 Å². The third-order valence-corrected chi connectivity index (χ3v) is 12.3. The zero-order valence-corrected chi connectivity index (χ0v) is 17.8. The van der Waals surface area contributed by atoms with Crippen LogP contribution in [0.2, 0.25) is 0 Å². The normalized spacial score (nSPS) is 12.9. The molecule has 0 spiro atoms. The second-order valence-corrected chi connectivity index (χ2v) is 12.1. The van der Waals surface area contributed by atoms with Crippen molar-refractivity contribution in [2.75, 3.05) is 0 Å². The van der Waals surface area contributed by atoms with Gasteiger partial charge < -0.3 is 0 Å². The van der Waals surface area contributed by atoms with Gasteiger partial charge in [0.1, 0.15) is 0 Å². The molecule has 4 rings (SSSR count). The van der Waals surface area contributed by atoms with E-state index in [2.05, 4.69) is 48.5 Å². The Kier molecular flexibility index (Phi) is 5.69. The van der Waals surface area contributed by atoms with Gasteiger partial charge in [0, 0.05) is 0 Å². The van der Waals surface area contributed by atoms with Crippen LogP contribution in [0, 0.1) is 0 Å². The van der Waals surface area contributed by atoms with Crippen LogP contribution in [-0.2, 0) is 15.0 Å². The molecule has 2 nitrogen and oxygen atoms in total. The quantitative estimate of drug-likeness (QED) is 0.353. The van der Waals surface area contributed by atoms with Crippen LogP contribution in [0.15, 0.2) is 121 Å². The summed E-state index contributed by atoms with van der Waals surface area (Å²) in [4.78, 5) is 0. The van der Waals surface area contributed by atoms with E-state index in [9.17, 15) is 4.57 Å². The fourth-order valence-corrected chi connectivity index (χ4v) is 10.8. The van der Waals surface area contributed by atoms with Crippen LogP contribution in [0.5, 0.6) is 0 Å². The topological polar surface area (TPSA) is 26.3 Å². The second-order valence-electron chi connectivity index (χ2n) is 7.02. The van der Waals surface area contributed by atoms with Crippen LogP contribution in [0.3, 0.4) is 0 Å². The molecule has 0 fully saturated rings. The van der Waals surface area contributed by atoms with Gasteiger partial charge in [0.25, 0.3) is 0 Å². The van der Waals surface area contributed by atoms with E-state index in [0.717, 1.165) is 21.5 Å². The van der Waals surface area contributed by atoms with Crippen molar-refractivity contribution in [3.63, 3.8) is 0 Å². The molecule has 0 saturated carbocycles. The molecule has 0 aromatic heterocycles. The summed E-state index contributed by atoms with van der Waals surface area (Å²) in [6.45, 7) is -3.56. The van der Waals surface area contributed by atoms with Gasteiger partial charge in [0.05, 0.1) is 0 Å². The van der Waals surface area contributed by atoms with E-state index < -0.39 is 6.83 Å². The minimum absolute atomic E-state index is 0.332. The molecule has 0 aliphatic carbocycles. The van der Waals surface area contributed by atoms with E-state index in [4.69, 9.17) is 4.31 Å².